The zero-order chi connectivity index (χ0) is 20.3. The molecule has 0 amide bonds. The maximum absolute atomic E-state index is 12.9. The maximum atomic E-state index is 12.9. The van der Waals surface area contributed by atoms with E-state index < -0.39 is 18.9 Å². The minimum absolute atomic E-state index is 0.0212. The molecule has 0 saturated heterocycles. The lowest BCUT2D eigenvalue weighted by molar-refractivity contribution is -0.114. The smallest absolute Gasteiger partial charge is 0.526 e. The lowest BCUT2D eigenvalue weighted by Crippen LogP contribution is -2.36. The number of hydrogen-bond donors (Lipinski definition) is 4. The van der Waals surface area contributed by atoms with Crippen molar-refractivity contribution in [3.63, 3.8) is 0 Å². The van der Waals surface area contributed by atoms with Crippen LogP contribution in [0.5, 0.6) is 5.75 Å². The molecule has 1 aromatic heterocycles. The van der Waals surface area contributed by atoms with E-state index in [1.54, 1.807) is 23.6 Å². The van der Waals surface area contributed by atoms with Crippen LogP contribution in [0.15, 0.2) is 29.7 Å². The fourth-order valence-electron chi connectivity index (χ4n) is 3.16. The summed E-state index contributed by atoms with van der Waals surface area (Å²) in [5.41, 5.74) is 7.02. The number of carboxylic acids is 1. The molecule has 146 valence electrons. The summed E-state index contributed by atoms with van der Waals surface area (Å²) in [5, 5.41) is 30.7. The molecule has 0 spiro atoms. The number of nitrogens with two attached hydrogens (primary N) is 1. The third-order valence-corrected chi connectivity index (χ3v) is 5.15. The second kappa shape index (κ2) is 8.55. The number of carboxylic acid groups (broad SMARTS) is 1. The number of nitrogen functional groups attached to an aromatic ring is 1. The van der Waals surface area contributed by atoms with Gasteiger partial charge in [-0.3, -0.25) is 4.79 Å². The summed E-state index contributed by atoms with van der Waals surface area (Å²) < 4.78 is 5.44. The highest BCUT2D eigenvalue weighted by atomic mass is 32.1. The zero-order valence-electron chi connectivity index (χ0n) is 14.9. The molecule has 5 N–H and O–H groups in total. The number of aromatic carboxylic acids is 1. The molecule has 10 heteroatoms. The van der Waals surface area contributed by atoms with Crippen molar-refractivity contribution in [3.8, 4) is 5.75 Å². The van der Waals surface area contributed by atoms with Crippen LogP contribution in [0.1, 0.15) is 34.5 Å². The normalized spacial score (nSPS) is 16.4. The van der Waals surface area contributed by atoms with Gasteiger partial charge in [-0.2, -0.15) is 0 Å². The number of nitrogens with zero attached hydrogens (tertiary/aromatic N) is 1. The van der Waals surface area contributed by atoms with Gasteiger partial charge in [0.2, 0.25) is 0 Å². The van der Waals surface area contributed by atoms with Crippen LogP contribution in [0.2, 0.25) is 5.82 Å². The molecule has 0 fully saturated rings. The van der Waals surface area contributed by atoms with Crippen LogP contribution in [-0.4, -0.2) is 45.7 Å². The molecule has 2 heterocycles. The number of aromatic nitrogens is 1. The summed E-state index contributed by atoms with van der Waals surface area (Å²) in [6.07, 6.45) is 2.17. The van der Waals surface area contributed by atoms with Crippen LogP contribution in [0, 0.1) is 0 Å². The molecule has 0 bridgehead atoms. The maximum Gasteiger partial charge on any atom is 0.526 e. The Kier molecular flexibility index (Phi) is 6.13. The van der Waals surface area contributed by atoms with Gasteiger partial charge in [0.25, 0.3) is 0 Å². The molecular weight excluding hydrogens is 383 g/mol. The van der Waals surface area contributed by atoms with Gasteiger partial charge >= 0.3 is 13.1 Å². The lowest BCUT2D eigenvalue weighted by Gasteiger charge is -2.28. The van der Waals surface area contributed by atoms with E-state index in [0.717, 1.165) is 0 Å². The standard InChI is InChI=1S/C18H19BN2O6S/c20-18-21-14(9-28-18)12(5-2-6-22)15(23)8-11-7-10-3-1-4-13(17(24)25)16(10)27-19(11)26/h1,3-5,9,11,22,26H,2,6-8H2,(H2,20,21)(H,24,25)/t11-/m1/s1. The summed E-state index contributed by atoms with van der Waals surface area (Å²) in [5.74, 6) is -1.81. The highest BCUT2D eigenvalue weighted by Gasteiger charge is 2.38. The van der Waals surface area contributed by atoms with E-state index in [0.29, 0.717) is 28.4 Å². The Labute approximate surface area is 165 Å². The topological polar surface area (TPSA) is 143 Å². The van der Waals surface area contributed by atoms with Crippen LogP contribution in [0.3, 0.4) is 0 Å². The number of benzene rings is 1. The fourth-order valence-corrected chi connectivity index (χ4v) is 3.72. The summed E-state index contributed by atoms with van der Waals surface area (Å²) in [4.78, 5) is 28.3. The van der Waals surface area contributed by atoms with Crippen LogP contribution in [0.25, 0.3) is 5.57 Å². The number of rotatable bonds is 7. The monoisotopic (exact) mass is 402 g/mol. The predicted octanol–water partition coefficient (Wildman–Crippen LogP) is 1.63. The second-order valence-electron chi connectivity index (χ2n) is 6.40. The van der Waals surface area contributed by atoms with E-state index in [-0.39, 0.29) is 36.5 Å². The molecule has 0 aliphatic carbocycles. The van der Waals surface area contributed by atoms with Crippen molar-refractivity contribution in [1.29, 1.82) is 0 Å². The molecular formula is C18H19BN2O6S. The minimum atomic E-state index is -1.31. The van der Waals surface area contributed by atoms with Crippen LogP contribution < -0.4 is 10.4 Å². The summed E-state index contributed by atoms with van der Waals surface area (Å²) in [6, 6.07) is 4.73. The van der Waals surface area contributed by atoms with E-state index >= 15 is 0 Å². The highest BCUT2D eigenvalue weighted by molar-refractivity contribution is 7.13. The summed E-state index contributed by atoms with van der Waals surface area (Å²) >= 11 is 1.21. The third-order valence-electron chi connectivity index (χ3n) is 4.47. The quantitative estimate of drug-likeness (QED) is 0.404. The lowest BCUT2D eigenvalue weighted by atomic mass is 9.64. The number of thiazole rings is 1. The Morgan fingerprint density at radius 2 is 2.21 bits per heavy atom. The second-order valence-corrected chi connectivity index (χ2v) is 7.29. The first kappa shape index (κ1) is 20.1. The number of carbonyl (C=O) groups is 2. The van der Waals surface area contributed by atoms with E-state index in [4.69, 9.17) is 15.5 Å². The number of allylic oxidation sites excluding steroid dienone is 1. The van der Waals surface area contributed by atoms with Gasteiger partial charge in [0, 0.05) is 29.8 Å². The largest absolute Gasteiger partial charge is 0.535 e. The van der Waals surface area contributed by atoms with Crippen molar-refractivity contribution in [3.05, 3.63) is 46.5 Å². The van der Waals surface area contributed by atoms with Crippen LogP contribution in [0.4, 0.5) is 5.13 Å². The summed E-state index contributed by atoms with van der Waals surface area (Å²) in [7, 11) is -1.31. The third kappa shape index (κ3) is 4.24. The first-order chi connectivity index (χ1) is 13.4. The predicted molar refractivity (Wildman–Crippen MR) is 105 cm³/mol. The van der Waals surface area contributed by atoms with Gasteiger partial charge in [-0.1, -0.05) is 18.2 Å². The van der Waals surface area contributed by atoms with Gasteiger partial charge in [-0.05, 0) is 24.5 Å². The number of carbonyl (C=O) groups excluding carboxylic acids is 1. The minimum Gasteiger partial charge on any atom is -0.535 e. The van der Waals surface area contributed by atoms with Gasteiger partial charge in [0.1, 0.15) is 5.75 Å². The molecule has 1 atom stereocenters. The van der Waals surface area contributed by atoms with Crippen molar-refractivity contribution in [2.24, 2.45) is 0 Å². The van der Waals surface area contributed by atoms with Gasteiger partial charge in [-0.15, -0.1) is 11.3 Å². The Morgan fingerprint density at radius 1 is 1.43 bits per heavy atom. The van der Waals surface area contributed by atoms with Gasteiger partial charge in [0.15, 0.2) is 10.9 Å². The zero-order valence-corrected chi connectivity index (χ0v) is 15.7. The summed E-state index contributed by atoms with van der Waals surface area (Å²) in [6.45, 7) is -0.114. The molecule has 28 heavy (non-hydrogen) atoms. The van der Waals surface area contributed by atoms with E-state index in [1.165, 1.54) is 17.4 Å². The van der Waals surface area contributed by atoms with E-state index in [2.05, 4.69) is 4.98 Å². The number of aliphatic hydroxyl groups is 1. The van der Waals surface area contributed by atoms with Crippen molar-refractivity contribution < 1.29 is 29.5 Å². The Bertz CT molecular complexity index is 929. The SMILES string of the molecule is Nc1nc(C(=CCCO)C(=O)C[C@H]2Cc3cccc(C(=O)O)c3OB2O)cs1. The number of ketones is 1. The van der Waals surface area contributed by atoms with Gasteiger partial charge < -0.3 is 25.6 Å². The molecule has 2 aromatic rings. The molecule has 0 saturated carbocycles. The molecule has 1 aliphatic heterocycles. The number of anilines is 1. The Morgan fingerprint density at radius 3 is 2.86 bits per heavy atom. The fraction of sp³-hybridized carbons (Fsp3) is 0.278. The van der Waals surface area contributed by atoms with Crippen LogP contribution >= 0.6 is 11.3 Å². The van der Waals surface area contributed by atoms with Gasteiger partial charge in [-0.25, -0.2) is 9.78 Å². The van der Waals surface area contributed by atoms with Crippen LogP contribution in [-0.2, 0) is 11.2 Å². The number of fused-ring (bicyclic) bond motifs is 1. The van der Waals surface area contributed by atoms with Gasteiger partial charge in [0.05, 0.1) is 11.3 Å². The average molecular weight is 402 g/mol. The number of hydrogen-bond acceptors (Lipinski definition) is 8. The number of para-hydroxylation sites is 1. The molecule has 3 rings (SSSR count). The van der Waals surface area contributed by atoms with E-state index in [1.807, 2.05) is 0 Å². The number of aliphatic hydroxyl groups excluding tert-OH is 1. The highest BCUT2D eigenvalue weighted by Crippen LogP contribution is 2.37. The average Bonchev–Trinajstić information content (AvgIpc) is 3.08. The molecule has 0 unspecified atom stereocenters. The van der Waals surface area contributed by atoms with Crippen molar-refractivity contribution in [1.82, 2.24) is 4.98 Å². The van der Waals surface area contributed by atoms with Crippen molar-refractivity contribution >= 4 is 40.9 Å². The molecule has 1 aliphatic rings. The first-order valence-corrected chi connectivity index (χ1v) is 9.54. The van der Waals surface area contributed by atoms with E-state index in [9.17, 15) is 19.7 Å². The first-order valence-electron chi connectivity index (χ1n) is 8.66. The Balaban J connectivity index is 1.81. The van der Waals surface area contributed by atoms with Crippen molar-refractivity contribution in [2.45, 2.75) is 25.1 Å². The molecule has 0 radical (unpaired) electrons. The van der Waals surface area contributed by atoms with Crippen molar-refractivity contribution in [2.75, 3.05) is 12.3 Å². The molecule has 1 aromatic carbocycles. The Hall–Kier alpha value is -2.69. The molecule has 8 nitrogen and oxygen atoms in total. The number of Topliss-reactive ketones (excluding diaryl/α,β-unsaturated/α-hetero) is 1.